The highest BCUT2D eigenvalue weighted by Gasteiger charge is 2.27. The summed E-state index contributed by atoms with van der Waals surface area (Å²) in [6.45, 7) is 4.00. The Morgan fingerprint density at radius 2 is 1.87 bits per heavy atom. The third-order valence-electron chi connectivity index (χ3n) is 5.51. The van der Waals surface area contributed by atoms with Gasteiger partial charge in [-0.25, -0.2) is 9.56 Å². The van der Waals surface area contributed by atoms with E-state index in [9.17, 15) is 9.90 Å². The van der Waals surface area contributed by atoms with Gasteiger partial charge in [0, 0.05) is 22.9 Å². The van der Waals surface area contributed by atoms with Crippen LogP contribution in [0, 0.1) is 13.8 Å². The lowest BCUT2D eigenvalue weighted by atomic mass is 10.1. The van der Waals surface area contributed by atoms with Crippen molar-refractivity contribution in [2.45, 2.75) is 32.6 Å². The van der Waals surface area contributed by atoms with Crippen molar-refractivity contribution in [1.29, 1.82) is 0 Å². The number of hydrogen-bond donors (Lipinski definition) is 1. The van der Waals surface area contributed by atoms with Crippen LogP contribution in [0.4, 0.5) is 5.13 Å². The molecular formula is C23H20N4O2S. The predicted molar refractivity (Wildman–Crippen MR) is 120 cm³/mol. The van der Waals surface area contributed by atoms with Crippen LogP contribution in [0.25, 0.3) is 16.5 Å². The average Bonchev–Trinajstić information content (AvgIpc) is 3.49. The molecule has 0 amide bonds. The van der Waals surface area contributed by atoms with Crippen LogP contribution in [0.1, 0.15) is 40.5 Å². The van der Waals surface area contributed by atoms with E-state index in [1.165, 1.54) is 15.9 Å². The molecule has 1 saturated carbocycles. The summed E-state index contributed by atoms with van der Waals surface area (Å²) < 4.78 is 1.34. The van der Waals surface area contributed by atoms with E-state index in [0.29, 0.717) is 33.1 Å². The second-order valence-electron chi connectivity index (χ2n) is 7.65. The SMILES string of the molecule is Cc1ccc(-n2c(O)c(/C=N/c3nnc(C4CC4)s3)c3ccccc3c2=O)cc1C. The van der Waals surface area contributed by atoms with Crippen molar-refractivity contribution < 1.29 is 5.11 Å². The fourth-order valence-electron chi connectivity index (χ4n) is 3.49. The molecular weight excluding hydrogens is 396 g/mol. The van der Waals surface area contributed by atoms with E-state index in [2.05, 4.69) is 15.2 Å². The Kier molecular flexibility index (Phi) is 4.47. The van der Waals surface area contributed by atoms with Crippen molar-refractivity contribution in [1.82, 2.24) is 14.8 Å². The topological polar surface area (TPSA) is 80.4 Å². The molecule has 6 nitrogen and oxygen atoms in total. The predicted octanol–water partition coefficient (Wildman–Crippen LogP) is 4.79. The Morgan fingerprint density at radius 1 is 1.10 bits per heavy atom. The molecule has 4 aromatic rings. The van der Waals surface area contributed by atoms with Crippen LogP contribution in [-0.2, 0) is 0 Å². The van der Waals surface area contributed by atoms with Gasteiger partial charge in [-0.3, -0.25) is 4.79 Å². The van der Waals surface area contributed by atoms with Crippen molar-refractivity contribution >= 4 is 33.5 Å². The first-order chi connectivity index (χ1) is 14.5. The van der Waals surface area contributed by atoms with Gasteiger partial charge in [-0.15, -0.1) is 10.2 Å². The molecule has 7 heteroatoms. The second-order valence-corrected chi connectivity index (χ2v) is 8.63. The van der Waals surface area contributed by atoms with Gasteiger partial charge in [-0.2, -0.15) is 0 Å². The zero-order valence-electron chi connectivity index (χ0n) is 16.7. The van der Waals surface area contributed by atoms with Gasteiger partial charge in [0.05, 0.1) is 11.3 Å². The second kappa shape index (κ2) is 7.18. The molecule has 1 N–H and O–H groups in total. The molecule has 0 unspecified atom stereocenters. The first-order valence-electron chi connectivity index (χ1n) is 9.85. The van der Waals surface area contributed by atoms with Crippen LogP contribution in [0.2, 0.25) is 0 Å². The Balaban J connectivity index is 1.69. The summed E-state index contributed by atoms with van der Waals surface area (Å²) in [6.07, 6.45) is 3.89. The zero-order chi connectivity index (χ0) is 20.8. The van der Waals surface area contributed by atoms with Crippen molar-refractivity contribution in [3.8, 4) is 11.6 Å². The van der Waals surface area contributed by atoms with Gasteiger partial charge in [-0.05, 0) is 56.0 Å². The van der Waals surface area contributed by atoms with Gasteiger partial charge in [0.1, 0.15) is 5.01 Å². The lowest BCUT2D eigenvalue weighted by molar-refractivity contribution is 0.436. The van der Waals surface area contributed by atoms with Gasteiger partial charge in [0.25, 0.3) is 5.56 Å². The Hall–Kier alpha value is -3.32. The summed E-state index contributed by atoms with van der Waals surface area (Å²) in [5.74, 6) is 0.380. The molecule has 2 aromatic carbocycles. The summed E-state index contributed by atoms with van der Waals surface area (Å²) in [5, 5.41) is 22.2. The highest BCUT2D eigenvalue weighted by atomic mass is 32.1. The van der Waals surface area contributed by atoms with E-state index < -0.39 is 0 Å². The third-order valence-corrected chi connectivity index (χ3v) is 6.51. The minimum absolute atomic E-state index is 0.141. The molecule has 5 rings (SSSR count). The molecule has 1 aliphatic rings. The molecule has 150 valence electrons. The minimum Gasteiger partial charge on any atom is -0.494 e. The number of nitrogens with zero attached hydrogens (tertiary/aromatic N) is 4. The molecule has 2 heterocycles. The van der Waals surface area contributed by atoms with Crippen molar-refractivity contribution in [2.24, 2.45) is 4.99 Å². The van der Waals surface area contributed by atoms with E-state index in [-0.39, 0.29) is 11.4 Å². The molecule has 0 spiro atoms. The Bertz CT molecular complexity index is 1370. The lowest BCUT2D eigenvalue weighted by Gasteiger charge is -2.14. The van der Waals surface area contributed by atoms with Crippen LogP contribution in [-0.4, -0.2) is 26.1 Å². The first-order valence-corrected chi connectivity index (χ1v) is 10.7. The maximum atomic E-state index is 13.2. The average molecular weight is 417 g/mol. The minimum atomic E-state index is -0.268. The van der Waals surface area contributed by atoms with Gasteiger partial charge in [0.15, 0.2) is 0 Å². The quantitative estimate of drug-likeness (QED) is 0.485. The fourth-order valence-corrected chi connectivity index (χ4v) is 4.35. The number of fused-ring (bicyclic) bond motifs is 1. The number of aliphatic imine (C=N–C) groups is 1. The van der Waals surface area contributed by atoms with Gasteiger partial charge in [-0.1, -0.05) is 35.6 Å². The zero-order valence-corrected chi connectivity index (χ0v) is 17.5. The molecule has 0 radical (unpaired) electrons. The smallest absolute Gasteiger partial charge is 0.265 e. The van der Waals surface area contributed by atoms with Gasteiger partial charge in [0.2, 0.25) is 11.0 Å². The maximum Gasteiger partial charge on any atom is 0.265 e. The van der Waals surface area contributed by atoms with Crippen molar-refractivity contribution in [3.63, 3.8) is 0 Å². The summed E-state index contributed by atoms with van der Waals surface area (Å²) in [7, 11) is 0. The fraction of sp³-hybridized carbons (Fsp3) is 0.217. The highest BCUT2D eigenvalue weighted by Crippen LogP contribution is 2.42. The van der Waals surface area contributed by atoms with E-state index in [0.717, 1.165) is 29.0 Å². The molecule has 0 bridgehead atoms. The third kappa shape index (κ3) is 3.21. The molecule has 0 aliphatic heterocycles. The normalized spacial score (nSPS) is 14.1. The maximum absolute atomic E-state index is 13.2. The molecule has 0 saturated heterocycles. The Morgan fingerprint density at radius 3 is 2.60 bits per heavy atom. The molecule has 30 heavy (non-hydrogen) atoms. The summed E-state index contributed by atoms with van der Waals surface area (Å²) >= 11 is 1.47. The van der Waals surface area contributed by atoms with Crippen molar-refractivity contribution in [2.75, 3.05) is 0 Å². The van der Waals surface area contributed by atoms with Crippen molar-refractivity contribution in [3.05, 3.63) is 74.5 Å². The number of aromatic nitrogens is 3. The monoisotopic (exact) mass is 416 g/mol. The number of aromatic hydroxyl groups is 1. The van der Waals surface area contributed by atoms with Crippen LogP contribution in [0.15, 0.2) is 52.3 Å². The van der Waals surface area contributed by atoms with E-state index >= 15 is 0 Å². The number of hydrogen-bond acceptors (Lipinski definition) is 6. The number of aryl methyl sites for hydroxylation is 2. The summed E-state index contributed by atoms with van der Waals surface area (Å²) in [5.41, 5.74) is 3.00. The Labute approximate surface area is 177 Å². The molecule has 1 fully saturated rings. The van der Waals surface area contributed by atoms with Crippen LogP contribution < -0.4 is 5.56 Å². The van der Waals surface area contributed by atoms with Crippen LogP contribution in [0.5, 0.6) is 5.88 Å². The highest BCUT2D eigenvalue weighted by molar-refractivity contribution is 7.15. The summed E-state index contributed by atoms with van der Waals surface area (Å²) in [6, 6.07) is 12.9. The van der Waals surface area contributed by atoms with Gasteiger partial charge < -0.3 is 5.11 Å². The van der Waals surface area contributed by atoms with Crippen LogP contribution in [0.3, 0.4) is 0 Å². The standard InChI is InChI=1S/C23H20N4O2S/c1-13-7-10-16(11-14(13)2)27-21(28)18-6-4-3-5-17(18)19(22(27)29)12-24-23-26-25-20(30-23)15-8-9-15/h3-7,10-12,15,29H,8-9H2,1-2H3/b24-12+. The number of pyridine rings is 1. The van der Waals surface area contributed by atoms with Gasteiger partial charge >= 0.3 is 0 Å². The molecule has 1 aliphatic carbocycles. The lowest BCUT2D eigenvalue weighted by Crippen LogP contribution is -2.20. The largest absolute Gasteiger partial charge is 0.494 e. The first kappa shape index (κ1) is 18.7. The summed E-state index contributed by atoms with van der Waals surface area (Å²) in [4.78, 5) is 17.7. The number of benzene rings is 2. The molecule has 2 aromatic heterocycles. The van der Waals surface area contributed by atoms with E-state index in [1.54, 1.807) is 12.3 Å². The van der Waals surface area contributed by atoms with Crippen LogP contribution >= 0.6 is 11.3 Å². The number of rotatable bonds is 4. The molecule has 0 atom stereocenters. The van der Waals surface area contributed by atoms with E-state index in [4.69, 9.17) is 0 Å². The van der Waals surface area contributed by atoms with E-state index in [1.807, 2.05) is 50.2 Å².